The lowest BCUT2D eigenvalue weighted by atomic mass is 10.2. The van der Waals surface area contributed by atoms with E-state index in [-0.39, 0.29) is 23.7 Å². The number of thiophene rings is 1. The Hall–Kier alpha value is -2.02. The molecule has 0 spiro atoms. The zero-order valence-electron chi connectivity index (χ0n) is 9.98. The molecule has 2 rings (SSSR count). The molecular formula is C13H9F3O3S. The number of benzene rings is 1. The van der Waals surface area contributed by atoms with Gasteiger partial charge in [-0.2, -0.15) is 13.2 Å². The van der Waals surface area contributed by atoms with Crippen molar-refractivity contribution in [3.05, 3.63) is 51.7 Å². The average Bonchev–Trinajstić information content (AvgIpc) is 2.82. The molecule has 1 heterocycles. The number of ether oxygens (including phenoxy) is 1. The maximum atomic E-state index is 12.6. The van der Waals surface area contributed by atoms with Gasteiger partial charge in [0.1, 0.15) is 17.2 Å². The van der Waals surface area contributed by atoms with Crippen LogP contribution in [0.3, 0.4) is 0 Å². The van der Waals surface area contributed by atoms with Crippen LogP contribution in [0.1, 0.15) is 20.1 Å². The van der Waals surface area contributed by atoms with Crippen molar-refractivity contribution in [1.29, 1.82) is 0 Å². The standard InChI is InChI=1S/C13H9F3O3S/c14-13(15,16)10-6-9(11(20-10)12(17)18)19-7-8-4-2-1-3-5-8/h1-6H,7H2,(H,17,18). The Bertz CT molecular complexity index is 605. The number of carboxylic acid groups (broad SMARTS) is 1. The summed E-state index contributed by atoms with van der Waals surface area (Å²) in [5.41, 5.74) is 0.739. The van der Waals surface area contributed by atoms with Gasteiger partial charge in [0, 0.05) is 6.07 Å². The van der Waals surface area contributed by atoms with Gasteiger partial charge < -0.3 is 9.84 Å². The molecule has 3 nitrogen and oxygen atoms in total. The highest BCUT2D eigenvalue weighted by Gasteiger charge is 2.35. The Morgan fingerprint density at radius 3 is 2.45 bits per heavy atom. The van der Waals surface area contributed by atoms with E-state index in [1.165, 1.54) is 0 Å². The molecule has 1 aromatic carbocycles. The van der Waals surface area contributed by atoms with Crippen molar-refractivity contribution in [3.63, 3.8) is 0 Å². The summed E-state index contributed by atoms with van der Waals surface area (Å²) in [7, 11) is 0. The first-order valence-corrected chi connectivity index (χ1v) is 6.30. The van der Waals surface area contributed by atoms with E-state index in [0.29, 0.717) is 0 Å². The van der Waals surface area contributed by atoms with Gasteiger partial charge in [-0.05, 0) is 5.56 Å². The average molecular weight is 302 g/mol. The number of rotatable bonds is 4. The highest BCUT2D eigenvalue weighted by Crippen LogP contribution is 2.40. The summed E-state index contributed by atoms with van der Waals surface area (Å²) in [5, 5.41) is 8.90. The van der Waals surface area contributed by atoms with E-state index in [0.717, 1.165) is 11.6 Å². The van der Waals surface area contributed by atoms with Crippen molar-refractivity contribution in [2.45, 2.75) is 12.8 Å². The van der Waals surface area contributed by atoms with Gasteiger partial charge in [0.2, 0.25) is 0 Å². The van der Waals surface area contributed by atoms with E-state index in [4.69, 9.17) is 9.84 Å². The molecule has 0 amide bonds. The normalized spacial score (nSPS) is 11.3. The van der Waals surface area contributed by atoms with Crippen LogP contribution in [0.25, 0.3) is 0 Å². The number of carboxylic acids is 1. The monoisotopic (exact) mass is 302 g/mol. The topological polar surface area (TPSA) is 46.5 Å². The molecule has 20 heavy (non-hydrogen) atoms. The smallest absolute Gasteiger partial charge is 0.425 e. The molecule has 2 aromatic rings. The first-order valence-electron chi connectivity index (χ1n) is 5.49. The molecule has 0 radical (unpaired) electrons. The fraction of sp³-hybridized carbons (Fsp3) is 0.154. The third-order valence-electron chi connectivity index (χ3n) is 2.41. The van der Waals surface area contributed by atoms with Crippen molar-refractivity contribution in [2.24, 2.45) is 0 Å². The van der Waals surface area contributed by atoms with Crippen molar-refractivity contribution >= 4 is 17.3 Å². The minimum absolute atomic E-state index is 0.00908. The quantitative estimate of drug-likeness (QED) is 0.927. The van der Waals surface area contributed by atoms with Crippen LogP contribution in [0, 0.1) is 0 Å². The molecule has 7 heteroatoms. The number of alkyl halides is 3. The molecule has 0 unspecified atom stereocenters. The summed E-state index contributed by atoms with van der Waals surface area (Å²) in [4.78, 5) is 9.50. The van der Waals surface area contributed by atoms with Crippen LogP contribution in [-0.4, -0.2) is 11.1 Å². The molecule has 0 aliphatic rings. The van der Waals surface area contributed by atoms with Gasteiger partial charge in [0.25, 0.3) is 0 Å². The number of hydrogen-bond donors (Lipinski definition) is 1. The Morgan fingerprint density at radius 1 is 1.25 bits per heavy atom. The Kier molecular flexibility index (Phi) is 3.99. The second-order valence-corrected chi connectivity index (χ2v) is 4.93. The fourth-order valence-electron chi connectivity index (χ4n) is 1.51. The third kappa shape index (κ3) is 3.30. The minimum Gasteiger partial charge on any atom is -0.487 e. The summed E-state index contributed by atoms with van der Waals surface area (Å²) in [6.07, 6.45) is -4.58. The lowest BCUT2D eigenvalue weighted by Crippen LogP contribution is -2.01. The van der Waals surface area contributed by atoms with Gasteiger partial charge in [-0.1, -0.05) is 30.3 Å². The first-order chi connectivity index (χ1) is 9.38. The molecule has 0 fully saturated rings. The van der Waals surface area contributed by atoms with Crippen LogP contribution in [0.4, 0.5) is 13.2 Å². The van der Waals surface area contributed by atoms with E-state index in [1.807, 2.05) is 0 Å². The molecule has 0 saturated heterocycles. The lowest BCUT2D eigenvalue weighted by Gasteiger charge is -2.05. The highest BCUT2D eigenvalue weighted by molar-refractivity contribution is 7.14. The highest BCUT2D eigenvalue weighted by atomic mass is 32.1. The van der Waals surface area contributed by atoms with Crippen molar-refractivity contribution in [1.82, 2.24) is 0 Å². The predicted octanol–water partition coefficient (Wildman–Crippen LogP) is 4.04. The van der Waals surface area contributed by atoms with Gasteiger partial charge in [0.15, 0.2) is 4.88 Å². The molecule has 0 saturated carbocycles. The van der Waals surface area contributed by atoms with Crippen LogP contribution in [-0.2, 0) is 12.8 Å². The van der Waals surface area contributed by atoms with Gasteiger partial charge in [-0.15, -0.1) is 11.3 Å². The van der Waals surface area contributed by atoms with Crippen molar-refractivity contribution in [3.8, 4) is 5.75 Å². The number of hydrogen-bond acceptors (Lipinski definition) is 3. The summed E-state index contributed by atoms with van der Waals surface area (Å²) < 4.78 is 42.9. The zero-order chi connectivity index (χ0) is 14.8. The number of carbonyl (C=O) groups is 1. The maximum Gasteiger partial charge on any atom is 0.425 e. The van der Waals surface area contributed by atoms with E-state index in [9.17, 15) is 18.0 Å². The van der Waals surface area contributed by atoms with Crippen LogP contribution in [0.15, 0.2) is 36.4 Å². The van der Waals surface area contributed by atoms with Crippen LogP contribution in [0.5, 0.6) is 5.75 Å². The summed E-state index contributed by atoms with van der Waals surface area (Å²) in [6.45, 7) is 0.00908. The molecule has 0 atom stereocenters. The van der Waals surface area contributed by atoms with E-state index < -0.39 is 21.9 Å². The van der Waals surface area contributed by atoms with Crippen LogP contribution in [0.2, 0.25) is 0 Å². The van der Waals surface area contributed by atoms with E-state index >= 15 is 0 Å². The van der Waals surface area contributed by atoms with E-state index in [1.54, 1.807) is 30.3 Å². The third-order valence-corrected chi connectivity index (χ3v) is 3.56. The van der Waals surface area contributed by atoms with Crippen molar-refractivity contribution in [2.75, 3.05) is 0 Å². The molecule has 1 N–H and O–H groups in total. The molecular weight excluding hydrogens is 293 g/mol. The van der Waals surface area contributed by atoms with E-state index in [2.05, 4.69) is 0 Å². The molecule has 0 aliphatic carbocycles. The molecule has 0 bridgehead atoms. The molecule has 0 aliphatic heterocycles. The molecule has 1 aromatic heterocycles. The Labute approximate surface area is 116 Å². The second kappa shape index (κ2) is 5.54. The van der Waals surface area contributed by atoms with Crippen LogP contribution >= 0.6 is 11.3 Å². The Morgan fingerprint density at radius 2 is 1.90 bits per heavy atom. The number of aromatic carboxylic acids is 1. The van der Waals surface area contributed by atoms with Crippen molar-refractivity contribution < 1.29 is 27.8 Å². The SMILES string of the molecule is O=C(O)c1sc(C(F)(F)F)cc1OCc1ccccc1. The minimum atomic E-state index is -4.58. The zero-order valence-corrected chi connectivity index (χ0v) is 10.8. The fourth-order valence-corrected chi connectivity index (χ4v) is 2.31. The Balaban J connectivity index is 2.22. The largest absolute Gasteiger partial charge is 0.487 e. The van der Waals surface area contributed by atoms with Crippen LogP contribution < -0.4 is 4.74 Å². The van der Waals surface area contributed by atoms with Gasteiger partial charge in [-0.25, -0.2) is 4.79 Å². The summed E-state index contributed by atoms with van der Waals surface area (Å²) in [6, 6.07) is 9.49. The first kappa shape index (κ1) is 14.4. The van der Waals surface area contributed by atoms with Gasteiger partial charge in [-0.3, -0.25) is 0 Å². The second-order valence-electron chi connectivity index (χ2n) is 3.88. The van der Waals surface area contributed by atoms with Gasteiger partial charge >= 0.3 is 12.1 Å². The van der Waals surface area contributed by atoms with Gasteiger partial charge in [0.05, 0.1) is 0 Å². The summed E-state index contributed by atoms with van der Waals surface area (Å²) >= 11 is 0.160. The predicted molar refractivity (Wildman–Crippen MR) is 67.1 cm³/mol. The number of halogens is 3. The molecule has 106 valence electrons. The lowest BCUT2D eigenvalue weighted by molar-refractivity contribution is -0.134. The maximum absolute atomic E-state index is 12.6. The summed E-state index contributed by atoms with van der Waals surface area (Å²) in [5.74, 6) is -1.70.